The van der Waals surface area contributed by atoms with Crippen molar-refractivity contribution in [1.29, 1.82) is 0 Å². The first-order valence-corrected chi connectivity index (χ1v) is 11.0. The molecule has 0 radical (unpaired) electrons. The maximum atomic E-state index is 12.9. The fourth-order valence-electron chi connectivity index (χ4n) is 4.27. The standard InChI is InChI=1S/C26H21N3O5/c1-15(23-27-20-12-3-2-9-17(20)24(31)28-23)34-21(30)13-6-14-29-25(32)18-10-4-7-16-8-5-11-19(22(16)18)26(29)33/h2-5,7-12,15H,6,13-14H2,1H3,(H,27,28,31). The first-order chi connectivity index (χ1) is 16.4. The Kier molecular flexibility index (Phi) is 5.41. The first-order valence-electron chi connectivity index (χ1n) is 11.0. The SMILES string of the molecule is CC(OC(=O)CCCN1C(=O)c2cccc3cccc(c23)C1=O)c1nc2ccccc2c(=O)[nH]1. The van der Waals surface area contributed by atoms with Gasteiger partial charge in [-0.2, -0.15) is 0 Å². The van der Waals surface area contributed by atoms with Crippen molar-refractivity contribution in [1.82, 2.24) is 14.9 Å². The van der Waals surface area contributed by atoms with Gasteiger partial charge in [0, 0.05) is 29.5 Å². The molecule has 0 bridgehead atoms. The number of carbonyl (C=O) groups excluding carboxylic acids is 3. The second-order valence-electron chi connectivity index (χ2n) is 8.18. The molecule has 1 aromatic heterocycles. The third kappa shape index (κ3) is 3.73. The van der Waals surface area contributed by atoms with Gasteiger partial charge in [0.25, 0.3) is 17.4 Å². The zero-order chi connectivity index (χ0) is 23.8. The highest BCUT2D eigenvalue weighted by Crippen LogP contribution is 2.30. The molecule has 170 valence electrons. The summed E-state index contributed by atoms with van der Waals surface area (Å²) < 4.78 is 5.43. The van der Waals surface area contributed by atoms with Crippen LogP contribution in [0.4, 0.5) is 0 Å². The number of hydrogen-bond acceptors (Lipinski definition) is 6. The van der Waals surface area contributed by atoms with Crippen molar-refractivity contribution >= 4 is 39.5 Å². The number of esters is 1. The molecular weight excluding hydrogens is 434 g/mol. The van der Waals surface area contributed by atoms with Gasteiger partial charge in [-0.15, -0.1) is 0 Å². The molecule has 2 amide bonds. The topological polar surface area (TPSA) is 109 Å². The number of aromatic nitrogens is 2. The zero-order valence-electron chi connectivity index (χ0n) is 18.4. The predicted octanol–water partition coefficient (Wildman–Crippen LogP) is 3.76. The largest absolute Gasteiger partial charge is 0.454 e. The quantitative estimate of drug-likeness (QED) is 0.350. The van der Waals surface area contributed by atoms with Gasteiger partial charge in [-0.1, -0.05) is 36.4 Å². The summed E-state index contributed by atoms with van der Waals surface area (Å²) in [4.78, 5) is 58.7. The Morgan fingerprint density at radius 3 is 2.35 bits per heavy atom. The van der Waals surface area contributed by atoms with Gasteiger partial charge in [-0.25, -0.2) is 4.98 Å². The number of H-pyrrole nitrogens is 1. The number of imide groups is 1. The van der Waals surface area contributed by atoms with Gasteiger partial charge < -0.3 is 9.72 Å². The van der Waals surface area contributed by atoms with E-state index in [9.17, 15) is 19.2 Å². The van der Waals surface area contributed by atoms with Crippen LogP contribution in [-0.4, -0.2) is 39.2 Å². The number of para-hydroxylation sites is 1. The lowest BCUT2D eigenvalue weighted by Gasteiger charge is -2.27. The van der Waals surface area contributed by atoms with Gasteiger partial charge in [0.1, 0.15) is 0 Å². The van der Waals surface area contributed by atoms with Crippen molar-refractivity contribution in [3.05, 3.63) is 88.0 Å². The average molecular weight is 455 g/mol. The van der Waals surface area contributed by atoms with Crippen molar-refractivity contribution in [2.24, 2.45) is 0 Å². The van der Waals surface area contributed by atoms with Crippen LogP contribution >= 0.6 is 0 Å². The summed E-state index contributed by atoms with van der Waals surface area (Å²) in [6.45, 7) is 1.72. The Hall–Kier alpha value is -4.33. The van der Waals surface area contributed by atoms with Gasteiger partial charge in [-0.3, -0.25) is 24.1 Å². The molecule has 1 unspecified atom stereocenters. The van der Waals surface area contributed by atoms with E-state index in [1.165, 1.54) is 4.90 Å². The number of ether oxygens (including phenoxy) is 1. The van der Waals surface area contributed by atoms with Crippen LogP contribution in [0.15, 0.2) is 65.5 Å². The monoisotopic (exact) mass is 455 g/mol. The number of hydrogen-bond donors (Lipinski definition) is 1. The Bertz CT molecular complexity index is 1470. The highest BCUT2D eigenvalue weighted by molar-refractivity contribution is 6.25. The average Bonchev–Trinajstić information content (AvgIpc) is 2.84. The molecule has 0 aliphatic carbocycles. The van der Waals surface area contributed by atoms with Crippen LogP contribution in [-0.2, 0) is 9.53 Å². The Balaban J connectivity index is 1.23. The molecule has 5 rings (SSSR count). The molecule has 8 nitrogen and oxygen atoms in total. The zero-order valence-corrected chi connectivity index (χ0v) is 18.4. The lowest BCUT2D eigenvalue weighted by Crippen LogP contribution is -2.41. The number of fused-ring (bicyclic) bond motifs is 1. The molecule has 2 heterocycles. The number of nitrogens with zero attached hydrogens (tertiary/aromatic N) is 2. The number of rotatable bonds is 6. The third-order valence-electron chi connectivity index (χ3n) is 5.94. The predicted molar refractivity (Wildman–Crippen MR) is 125 cm³/mol. The second-order valence-corrected chi connectivity index (χ2v) is 8.18. The molecule has 8 heteroatoms. The van der Waals surface area contributed by atoms with Crippen LogP contribution in [0.1, 0.15) is 52.4 Å². The van der Waals surface area contributed by atoms with Crippen LogP contribution in [0.3, 0.4) is 0 Å². The lowest BCUT2D eigenvalue weighted by molar-refractivity contribution is -0.149. The van der Waals surface area contributed by atoms with E-state index < -0.39 is 12.1 Å². The summed E-state index contributed by atoms with van der Waals surface area (Å²) in [5, 5.41) is 1.97. The molecule has 0 spiro atoms. The highest BCUT2D eigenvalue weighted by atomic mass is 16.5. The first kappa shape index (κ1) is 21.5. The lowest BCUT2D eigenvalue weighted by atomic mass is 9.94. The molecule has 1 aliphatic rings. The maximum Gasteiger partial charge on any atom is 0.306 e. The summed E-state index contributed by atoms with van der Waals surface area (Å²) >= 11 is 0. The Labute approximate surface area is 194 Å². The van der Waals surface area contributed by atoms with Gasteiger partial charge in [0.05, 0.1) is 10.9 Å². The second kappa shape index (κ2) is 8.55. The van der Waals surface area contributed by atoms with Crippen molar-refractivity contribution in [2.75, 3.05) is 6.54 Å². The van der Waals surface area contributed by atoms with Crippen LogP contribution in [0.2, 0.25) is 0 Å². The number of aromatic amines is 1. The summed E-state index contributed by atoms with van der Waals surface area (Å²) in [7, 11) is 0. The van der Waals surface area contributed by atoms with E-state index in [0.29, 0.717) is 27.4 Å². The molecule has 3 aromatic carbocycles. The van der Waals surface area contributed by atoms with Crippen molar-refractivity contribution in [3.63, 3.8) is 0 Å². The molecule has 0 fully saturated rings. The van der Waals surface area contributed by atoms with Crippen LogP contribution in [0.5, 0.6) is 0 Å². The summed E-state index contributed by atoms with van der Waals surface area (Å²) in [6, 6.07) is 17.6. The summed E-state index contributed by atoms with van der Waals surface area (Å²) in [5.41, 5.74) is 1.17. The van der Waals surface area contributed by atoms with E-state index in [2.05, 4.69) is 9.97 Å². The van der Waals surface area contributed by atoms with Crippen LogP contribution in [0.25, 0.3) is 21.7 Å². The van der Waals surface area contributed by atoms with E-state index in [1.54, 1.807) is 55.5 Å². The van der Waals surface area contributed by atoms with E-state index in [-0.39, 0.29) is 42.6 Å². The van der Waals surface area contributed by atoms with Crippen molar-refractivity contribution < 1.29 is 19.1 Å². The molecule has 1 atom stereocenters. The Morgan fingerprint density at radius 2 is 1.65 bits per heavy atom. The van der Waals surface area contributed by atoms with Crippen molar-refractivity contribution in [3.8, 4) is 0 Å². The number of carbonyl (C=O) groups is 3. The molecule has 1 N–H and O–H groups in total. The molecule has 4 aromatic rings. The number of nitrogens with one attached hydrogen (secondary N) is 1. The minimum absolute atomic E-state index is 0.00502. The van der Waals surface area contributed by atoms with Gasteiger partial charge in [-0.05, 0) is 43.0 Å². The number of amides is 2. The van der Waals surface area contributed by atoms with E-state index in [1.807, 2.05) is 12.1 Å². The minimum atomic E-state index is -0.757. The third-order valence-corrected chi connectivity index (χ3v) is 5.94. The molecule has 0 saturated carbocycles. The number of benzene rings is 3. The van der Waals surface area contributed by atoms with E-state index in [0.717, 1.165) is 5.39 Å². The molecular formula is C26H21N3O5. The smallest absolute Gasteiger partial charge is 0.306 e. The Morgan fingerprint density at radius 1 is 0.971 bits per heavy atom. The molecule has 1 aliphatic heterocycles. The minimum Gasteiger partial charge on any atom is -0.454 e. The van der Waals surface area contributed by atoms with Gasteiger partial charge in [0.15, 0.2) is 11.9 Å². The summed E-state index contributed by atoms with van der Waals surface area (Å²) in [6.07, 6.45) is -0.499. The van der Waals surface area contributed by atoms with E-state index >= 15 is 0 Å². The van der Waals surface area contributed by atoms with Crippen LogP contribution < -0.4 is 5.56 Å². The van der Waals surface area contributed by atoms with Crippen LogP contribution in [0, 0.1) is 0 Å². The highest BCUT2D eigenvalue weighted by Gasteiger charge is 2.32. The van der Waals surface area contributed by atoms with E-state index in [4.69, 9.17) is 4.74 Å². The molecule has 34 heavy (non-hydrogen) atoms. The normalized spacial score (nSPS) is 14.0. The summed E-state index contributed by atoms with van der Waals surface area (Å²) in [5.74, 6) is -0.992. The maximum absolute atomic E-state index is 12.9. The fraction of sp³-hybridized carbons (Fsp3) is 0.192. The van der Waals surface area contributed by atoms with Gasteiger partial charge in [0.2, 0.25) is 0 Å². The fourth-order valence-corrected chi connectivity index (χ4v) is 4.27. The van der Waals surface area contributed by atoms with Crippen molar-refractivity contribution in [2.45, 2.75) is 25.9 Å². The molecule has 0 saturated heterocycles. The van der Waals surface area contributed by atoms with Gasteiger partial charge >= 0.3 is 5.97 Å².